The predicted molar refractivity (Wildman–Crippen MR) is 65.3 cm³/mol. The summed E-state index contributed by atoms with van der Waals surface area (Å²) in [4.78, 5) is 2.21. The second kappa shape index (κ2) is 4.99. The van der Waals surface area contributed by atoms with Crippen LogP contribution < -0.4 is 0 Å². The first-order valence-corrected chi connectivity index (χ1v) is 6.23. The molecule has 0 spiro atoms. The molecule has 0 amide bonds. The molecule has 1 saturated heterocycles. The molecule has 2 nitrogen and oxygen atoms in total. The Labute approximate surface area is 95.7 Å². The Balaban J connectivity index is 2.51. The van der Waals surface area contributed by atoms with Crippen LogP contribution in [-0.4, -0.2) is 27.1 Å². The van der Waals surface area contributed by atoms with E-state index >= 15 is 0 Å². The van der Waals surface area contributed by atoms with E-state index in [1.807, 2.05) is 13.8 Å². The molecule has 0 bridgehead atoms. The molecule has 14 heavy (non-hydrogen) atoms. The SMILES string of the molecule is CCC(C)(C#N)SC(=S)N1CCCC1. The number of nitrogens with zero attached hydrogens (tertiary/aromatic N) is 2. The van der Waals surface area contributed by atoms with Gasteiger partial charge < -0.3 is 4.90 Å². The summed E-state index contributed by atoms with van der Waals surface area (Å²) in [6.45, 7) is 6.12. The molecule has 0 saturated carbocycles. The molecule has 1 unspecified atom stereocenters. The van der Waals surface area contributed by atoms with E-state index in [0.29, 0.717) is 0 Å². The summed E-state index contributed by atoms with van der Waals surface area (Å²) in [7, 11) is 0. The molecule has 1 aliphatic rings. The molecule has 0 radical (unpaired) electrons. The highest BCUT2D eigenvalue weighted by atomic mass is 32.2. The van der Waals surface area contributed by atoms with Crippen molar-refractivity contribution in [1.29, 1.82) is 5.26 Å². The zero-order chi connectivity index (χ0) is 10.6. The van der Waals surface area contributed by atoms with Gasteiger partial charge in [-0.25, -0.2) is 0 Å². The topological polar surface area (TPSA) is 27.0 Å². The molecule has 1 fully saturated rings. The third-order valence-corrected chi connectivity index (χ3v) is 4.36. The first kappa shape index (κ1) is 11.8. The molecule has 4 heteroatoms. The van der Waals surface area contributed by atoms with Gasteiger partial charge in [-0.3, -0.25) is 0 Å². The molecule has 78 valence electrons. The van der Waals surface area contributed by atoms with E-state index in [1.165, 1.54) is 12.8 Å². The van der Waals surface area contributed by atoms with Gasteiger partial charge in [-0.05, 0) is 26.2 Å². The van der Waals surface area contributed by atoms with E-state index < -0.39 is 0 Å². The van der Waals surface area contributed by atoms with Crippen LogP contribution >= 0.6 is 24.0 Å². The van der Waals surface area contributed by atoms with Crippen molar-refractivity contribution in [3.63, 3.8) is 0 Å². The van der Waals surface area contributed by atoms with Crippen molar-refractivity contribution in [2.75, 3.05) is 13.1 Å². The van der Waals surface area contributed by atoms with Gasteiger partial charge in [0.15, 0.2) is 0 Å². The van der Waals surface area contributed by atoms with Gasteiger partial charge in [0.05, 0.1) is 6.07 Å². The van der Waals surface area contributed by atoms with Crippen LogP contribution in [0.5, 0.6) is 0 Å². The molecule has 0 aromatic heterocycles. The maximum atomic E-state index is 9.03. The average molecular weight is 228 g/mol. The second-order valence-corrected chi connectivity index (χ2v) is 5.90. The quantitative estimate of drug-likeness (QED) is 0.679. The maximum absolute atomic E-state index is 9.03. The van der Waals surface area contributed by atoms with E-state index in [2.05, 4.69) is 11.0 Å². The summed E-state index contributed by atoms with van der Waals surface area (Å²) in [5, 5.41) is 9.03. The fourth-order valence-electron chi connectivity index (χ4n) is 1.33. The summed E-state index contributed by atoms with van der Waals surface area (Å²) in [5.74, 6) is 0. The number of thiocarbonyl (C=S) groups is 1. The van der Waals surface area contributed by atoms with E-state index in [9.17, 15) is 0 Å². The standard InChI is InChI=1S/C10H16N2S2/c1-3-10(2,8-11)14-9(13)12-6-4-5-7-12/h3-7H2,1-2H3. The van der Waals surface area contributed by atoms with Gasteiger partial charge in [0, 0.05) is 13.1 Å². The molecular formula is C10H16N2S2. The second-order valence-electron chi connectivity index (χ2n) is 3.76. The molecule has 1 rings (SSSR count). The lowest BCUT2D eigenvalue weighted by atomic mass is 10.1. The molecule has 1 aliphatic heterocycles. The summed E-state index contributed by atoms with van der Waals surface area (Å²) >= 11 is 6.87. The van der Waals surface area contributed by atoms with E-state index in [1.54, 1.807) is 11.8 Å². The van der Waals surface area contributed by atoms with Crippen molar-refractivity contribution < 1.29 is 0 Å². The van der Waals surface area contributed by atoms with Crippen molar-refractivity contribution in [3.8, 4) is 6.07 Å². The Bertz CT molecular complexity index is 253. The number of thioether (sulfide) groups is 1. The first-order valence-electron chi connectivity index (χ1n) is 5.00. The largest absolute Gasteiger partial charge is 0.357 e. The predicted octanol–water partition coefficient (Wildman–Crippen LogP) is 2.79. The van der Waals surface area contributed by atoms with Crippen LogP contribution in [0.15, 0.2) is 0 Å². The molecular weight excluding hydrogens is 212 g/mol. The lowest BCUT2D eigenvalue weighted by Crippen LogP contribution is -2.28. The number of rotatable bonds is 2. The van der Waals surface area contributed by atoms with Gasteiger partial charge in [0.1, 0.15) is 9.07 Å². The van der Waals surface area contributed by atoms with Gasteiger partial charge in [-0.2, -0.15) is 5.26 Å². The van der Waals surface area contributed by atoms with Crippen LogP contribution in [0.25, 0.3) is 0 Å². The van der Waals surface area contributed by atoms with Crippen molar-refractivity contribution in [2.24, 2.45) is 0 Å². The Kier molecular flexibility index (Phi) is 4.21. The number of hydrogen-bond acceptors (Lipinski definition) is 3. The van der Waals surface area contributed by atoms with Gasteiger partial charge in [0.2, 0.25) is 0 Å². The van der Waals surface area contributed by atoms with E-state index in [4.69, 9.17) is 17.5 Å². The third-order valence-electron chi connectivity index (χ3n) is 2.59. The Morgan fingerprint density at radius 3 is 2.57 bits per heavy atom. The normalized spacial score (nSPS) is 20.2. The van der Waals surface area contributed by atoms with Crippen molar-refractivity contribution in [3.05, 3.63) is 0 Å². The fourth-order valence-corrected chi connectivity index (χ4v) is 2.95. The summed E-state index contributed by atoms with van der Waals surface area (Å²) in [6.07, 6.45) is 3.30. The van der Waals surface area contributed by atoms with E-state index in [-0.39, 0.29) is 4.75 Å². The van der Waals surface area contributed by atoms with Gasteiger partial charge in [-0.15, -0.1) is 0 Å². The van der Waals surface area contributed by atoms with Crippen molar-refractivity contribution in [1.82, 2.24) is 4.90 Å². The number of nitriles is 1. The van der Waals surface area contributed by atoms with Crippen LogP contribution in [0.1, 0.15) is 33.1 Å². The Morgan fingerprint density at radius 2 is 2.14 bits per heavy atom. The summed E-state index contributed by atoms with van der Waals surface area (Å²) in [6, 6.07) is 2.33. The number of likely N-dealkylation sites (tertiary alicyclic amines) is 1. The zero-order valence-electron chi connectivity index (χ0n) is 8.75. The first-order chi connectivity index (χ1) is 6.61. The van der Waals surface area contributed by atoms with Crippen molar-refractivity contribution >= 4 is 28.3 Å². The summed E-state index contributed by atoms with van der Waals surface area (Å²) < 4.78 is 0.549. The smallest absolute Gasteiger partial charge is 0.137 e. The highest BCUT2D eigenvalue weighted by Crippen LogP contribution is 2.31. The van der Waals surface area contributed by atoms with Crippen LogP contribution in [0, 0.1) is 11.3 Å². The van der Waals surface area contributed by atoms with Crippen LogP contribution in [0.4, 0.5) is 0 Å². The summed E-state index contributed by atoms with van der Waals surface area (Å²) in [5.41, 5.74) is 0. The molecule has 0 aromatic carbocycles. The molecule has 0 aromatic rings. The lowest BCUT2D eigenvalue weighted by Gasteiger charge is -2.24. The minimum atomic E-state index is -0.348. The maximum Gasteiger partial charge on any atom is 0.137 e. The molecule has 1 atom stereocenters. The highest BCUT2D eigenvalue weighted by Gasteiger charge is 2.27. The number of hydrogen-bond donors (Lipinski definition) is 0. The molecule has 0 N–H and O–H groups in total. The van der Waals surface area contributed by atoms with Crippen molar-refractivity contribution in [2.45, 2.75) is 37.9 Å². The van der Waals surface area contributed by atoms with Gasteiger partial charge >= 0.3 is 0 Å². The monoisotopic (exact) mass is 228 g/mol. The van der Waals surface area contributed by atoms with Crippen LogP contribution in [0.2, 0.25) is 0 Å². The minimum Gasteiger partial charge on any atom is -0.357 e. The third kappa shape index (κ3) is 2.86. The van der Waals surface area contributed by atoms with Crippen LogP contribution in [-0.2, 0) is 0 Å². The van der Waals surface area contributed by atoms with E-state index in [0.717, 1.165) is 23.8 Å². The highest BCUT2D eigenvalue weighted by molar-refractivity contribution is 8.23. The van der Waals surface area contributed by atoms with Gasteiger partial charge in [-0.1, -0.05) is 30.9 Å². The van der Waals surface area contributed by atoms with Gasteiger partial charge in [0.25, 0.3) is 0 Å². The van der Waals surface area contributed by atoms with Crippen LogP contribution in [0.3, 0.4) is 0 Å². The Morgan fingerprint density at radius 1 is 1.57 bits per heavy atom. The lowest BCUT2D eigenvalue weighted by molar-refractivity contribution is 0.538. The molecule has 1 heterocycles. The average Bonchev–Trinajstić information content (AvgIpc) is 2.70. The zero-order valence-corrected chi connectivity index (χ0v) is 10.4. The molecule has 0 aliphatic carbocycles. The minimum absolute atomic E-state index is 0.348. The Hall–Kier alpha value is -0.270. The fraction of sp³-hybridized carbons (Fsp3) is 0.800.